The first-order chi connectivity index (χ1) is 7.63. The molecule has 0 aromatic carbocycles. The van der Waals surface area contributed by atoms with E-state index in [9.17, 15) is 9.90 Å². The van der Waals surface area contributed by atoms with Crippen molar-refractivity contribution in [3.63, 3.8) is 0 Å². The number of carboxylic acids is 1. The number of hydrogen-bond donors (Lipinski definition) is 2. The Morgan fingerprint density at radius 3 is 1.94 bits per heavy atom. The molecular weight excluding hydrogens is 216 g/mol. The Balaban J connectivity index is 0.000000209. The first-order valence-electron chi connectivity index (χ1n) is 6.20. The lowest BCUT2D eigenvalue weighted by Gasteiger charge is -2.36. The van der Waals surface area contributed by atoms with Crippen molar-refractivity contribution in [1.29, 1.82) is 0 Å². The first-order valence-corrected chi connectivity index (χ1v) is 6.20. The Hall–Kier alpha value is -0.830. The van der Waals surface area contributed by atoms with E-state index in [1.54, 1.807) is 0 Å². The van der Waals surface area contributed by atoms with Gasteiger partial charge in [0.1, 0.15) is 0 Å². The van der Waals surface area contributed by atoms with Crippen LogP contribution >= 0.6 is 0 Å². The highest BCUT2D eigenvalue weighted by molar-refractivity contribution is 5.84. The van der Waals surface area contributed by atoms with Crippen molar-refractivity contribution in [3.05, 3.63) is 12.2 Å². The van der Waals surface area contributed by atoms with Gasteiger partial charge in [-0.3, -0.25) is 0 Å². The summed E-state index contributed by atoms with van der Waals surface area (Å²) in [4.78, 5) is 9.60. The molecule has 2 bridgehead atoms. The van der Waals surface area contributed by atoms with Gasteiger partial charge in [0, 0.05) is 5.57 Å². The molecule has 17 heavy (non-hydrogen) atoms. The van der Waals surface area contributed by atoms with Gasteiger partial charge in [-0.25, -0.2) is 4.79 Å². The summed E-state index contributed by atoms with van der Waals surface area (Å²) in [5.74, 6) is -0.155. The fraction of sp³-hybridized carbons (Fsp3) is 0.786. The lowest BCUT2D eigenvalue weighted by Crippen LogP contribution is -2.35. The number of aliphatic hydroxyl groups is 1. The molecule has 2 aliphatic carbocycles. The van der Waals surface area contributed by atoms with Crippen LogP contribution in [0.4, 0.5) is 0 Å². The Morgan fingerprint density at radius 1 is 1.35 bits per heavy atom. The molecule has 0 aliphatic heterocycles. The van der Waals surface area contributed by atoms with E-state index in [1.807, 2.05) is 0 Å². The van der Waals surface area contributed by atoms with Crippen LogP contribution in [-0.4, -0.2) is 22.3 Å². The predicted molar refractivity (Wildman–Crippen MR) is 67.7 cm³/mol. The summed E-state index contributed by atoms with van der Waals surface area (Å²) in [5.41, 5.74) is 0.777. The minimum absolute atomic E-state index is 0.0313. The standard InChI is InChI=1S/C10H18O.C4H6O2/c1-9(2)7-4-5-10(9,3)8(11)6-7;1-3(2)4(5)6/h7-8,11H,4-6H2,1-3H3;1H2,2H3,(H,5,6)/t7-,8-,10-;/m1./s1. The van der Waals surface area contributed by atoms with E-state index in [0.29, 0.717) is 5.41 Å². The Labute approximate surface area is 104 Å². The lowest BCUT2D eigenvalue weighted by atomic mass is 9.70. The molecule has 0 saturated heterocycles. The van der Waals surface area contributed by atoms with Gasteiger partial charge in [-0.05, 0) is 42.9 Å². The van der Waals surface area contributed by atoms with Crippen LogP contribution in [0.25, 0.3) is 0 Å². The Bertz CT molecular complexity index is 320. The van der Waals surface area contributed by atoms with Crippen LogP contribution < -0.4 is 0 Å². The molecule has 0 radical (unpaired) electrons. The molecule has 2 aliphatic rings. The molecular formula is C14H24O3. The minimum atomic E-state index is -0.935. The molecule has 3 nitrogen and oxygen atoms in total. The summed E-state index contributed by atoms with van der Waals surface area (Å²) in [7, 11) is 0. The summed E-state index contributed by atoms with van der Waals surface area (Å²) >= 11 is 0. The van der Waals surface area contributed by atoms with Crippen molar-refractivity contribution in [2.75, 3.05) is 0 Å². The summed E-state index contributed by atoms with van der Waals surface area (Å²) in [5, 5.41) is 17.7. The van der Waals surface area contributed by atoms with Gasteiger partial charge in [0.25, 0.3) is 0 Å². The van der Waals surface area contributed by atoms with Gasteiger partial charge in [-0.1, -0.05) is 27.4 Å². The predicted octanol–water partition coefficient (Wildman–Crippen LogP) is 2.84. The maximum Gasteiger partial charge on any atom is 0.330 e. The second-order valence-corrected chi connectivity index (χ2v) is 6.21. The second-order valence-electron chi connectivity index (χ2n) is 6.21. The van der Waals surface area contributed by atoms with Crippen LogP contribution in [0.5, 0.6) is 0 Å². The zero-order valence-corrected chi connectivity index (χ0v) is 11.3. The van der Waals surface area contributed by atoms with E-state index >= 15 is 0 Å². The highest BCUT2D eigenvalue weighted by Crippen LogP contribution is 2.65. The van der Waals surface area contributed by atoms with Crippen molar-refractivity contribution < 1.29 is 15.0 Å². The molecule has 0 aromatic heterocycles. The van der Waals surface area contributed by atoms with Gasteiger partial charge >= 0.3 is 5.97 Å². The fourth-order valence-electron chi connectivity index (χ4n) is 3.16. The van der Waals surface area contributed by atoms with E-state index in [2.05, 4.69) is 27.4 Å². The number of carboxylic acid groups (broad SMARTS) is 1. The smallest absolute Gasteiger partial charge is 0.330 e. The van der Waals surface area contributed by atoms with Crippen LogP contribution in [0.1, 0.15) is 47.0 Å². The molecule has 2 saturated carbocycles. The quantitative estimate of drug-likeness (QED) is 0.693. The van der Waals surface area contributed by atoms with Crippen LogP contribution in [-0.2, 0) is 4.79 Å². The van der Waals surface area contributed by atoms with Crippen LogP contribution in [0.15, 0.2) is 12.2 Å². The van der Waals surface area contributed by atoms with Crippen LogP contribution in [0.3, 0.4) is 0 Å². The first kappa shape index (κ1) is 14.2. The third-order valence-electron chi connectivity index (χ3n) is 5.11. The van der Waals surface area contributed by atoms with Gasteiger partial charge in [-0.2, -0.15) is 0 Å². The molecule has 0 spiro atoms. The van der Waals surface area contributed by atoms with Crippen molar-refractivity contribution in [2.45, 2.75) is 53.1 Å². The van der Waals surface area contributed by atoms with Crippen molar-refractivity contribution in [1.82, 2.24) is 0 Å². The van der Waals surface area contributed by atoms with Crippen LogP contribution in [0, 0.1) is 16.7 Å². The SMILES string of the molecule is C=C(C)C(=O)O.CC1(C)[C@@H]2CC[C@]1(C)[C@H](O)C2. The number of carbonyl (C=O) groups is 1. The summed E-state index contributed by atoms with van der Waals surface area (Å²) < 4.78 is 0. The maximum absolute atomic E-state index is 9.81. The van der Waals surface area contributed by atoms with E-state index in [1.165, 1.54) is 19.8 Å². The summed E-state index contributed by atoms with van der Waals surface area (Å²) in [6.45, 7) is 11.5. The van der Waals surface area contributed by atoms with Gasteiger partial charge in [0.05, 0.1) is 6.10 Å². The zero-order valence-electron chi connectivity index (χ0n) is 11.3. The average Bonchev–Trinajstić information content (AvgIpc) is 2.51. The largest absolute Gasteiger partial charge is 0.478 e. The van der Waals surface area contributed by atoms with Gasteiger partial charge in [0.15, 0.2) is 0 Å². The van der Waals surface area contributed by atoms with Gasteiger partial charge in [0.2, 0.25) is 0 Å². The molecule has 0 aromatic rings. The monoisotopic (exact) mass is 240 g/mol. The fourth-order valence-corrected chi connectivity index (χ4v) is 3.16. The topological polar surface area (TPSA) is 57.5 Å². The van der Waals surface area contributed by atoms with Crippen molar-refractivity contribution >= 4 is 5.97 Å². The molecule has 2 fully saturated rings. The highest BCUT2D eigenvalue weighted by Gasteiger charge is 2.60. The molecule has 3 atom stereocenters. The Morgan fingerprint density at radius 2 is 1.82 bits per heavy atom. The number of fused-ring (bicyclic) bond motifs is 2. The molecule has 2 N–H and O–H groups in total. The average molecular weight is 240 g/mol. The summed E-state index contributed by atoms with van der Waals surface area (Å²) in [6, 6.07) is 0. The molecule has 3 heteroatoms. The normalized spacial score (nSPS) is 37.2. The molecule has 98 valence electrons. The van der Waals surface area contributed by atoms with E-state index in [0.717, 1.165) is 12.3 Å². The van der Waals surface area contributed by atoms with Gasteiger partial charge < -0.3 is 10.2 Å². The van der Waals surface area contributed by atoms with Crippen molar-refractivity contribution in [2.24, 2.45) is 16.7 Å². The third-order valence-corrected chi connectivity index (χ3v) is 5.11. The molecule has 0 unspecified atom stereocenters. The van der Waals surface area contributed by atoms with E-state index < -0.39 is 5.97 Å². The number of rotatable bonds is 1. The number of hydrogen-bond acceptors (Lipinski definition) is 2. The van der Waals surface area contributed by atoms with Crippen molar-refractivity contribution in [3.8, 4) is 0 Å². The maximum atomic E-state index is 9.81. The Kier molecular flexibility index (Phi) is 3.72. The van der Waals surface area contributed by atoms with Crippen LogP contribution in [0.2, 0.25) is 0 Å². The lowest BCUT2D eigenvalue weighted by molar-refractivity contribution is -0.132. The third kappa shape index (κ3) is 2.25. The molecule has 2 rings (SSSR count). The number of aliphatic hydroxyl groups excluding tert-OH is 1. The highest BCUT2D eigenvalue weighted by atomic mass is 16.4. The summed E-state index contributed by atoms with van der Waals surface area (Å²) in [6.07, 6.45) is 3.58. The van der Waals surface area contributed by atoms with Gasteiger partial charge in [-0.15, -0.1) is 0 Å². The van der Waals surface area contributed by atoms with E-state index in [-0.39, 0.29) is 17.1 Å². The zero-order chi connectivity index (χ0) is 13.4. The van der Waals surface area contributed by atoms with E-state index in [4.69, 9.17) is 5.11 Å². The second kappa shape index (κ2) is 4.45. The number of aliphatic carboxylic acids is 1. The molecule has 0 amide bonds. The minimum Gasteiger partial charge on any atom is -0.478 e. The molecule has 0 heterocycles.